The standard InChI is InChI=1S/C11H15N3/c1-11(2,3)10-13-7-8-5-4-6-12-9(8)14-10/h4-9H,1-3H3. The van der Waals surface area contributed by atoms with Crippen molar-refractivity contribution in [3.63, 3.8) is 0 Å². The number of nitrogens with zero attached hydrogens (tertiary/aromatic N) is 3. The van der Waals surface area contributed by atoms with Crippen LogP contribution in [0.15, 0.2) is 27.1 Å². The average Bonchev–Trinajstić information content (AvgIpc) is 2.16. The number of hydrogen-bond donors (Lipinski definition) is 0. The van der Waals surface area contributed by atoms with Crippen molar-refractivity contribution >= 4 is 18.3 Å². The third-order valence-electron chi connectivity index (χ3n) is 2.30. The van der Waals surface area contributed by atoms with Crippen LogP contribution in [0.4, 0.5) is 0 Å². The quantitative estimate of drug-likeness (QED) is 0.559. The molecule has 2 aliphatic heterocycles. The summed E-state index contributed by atoms with van der Waals surface area (Å²) in [6.07, 6.45) is 7.82. The van der Waals surface area contributed by atoms with E-state index in [2.05, 4.69) is 41.8 Å². The van der Waals surface area contributed by atoms with Crippen molar-refractivity contribution < 1.29 is 0 Å². The lowest BCUT2D eigenvalue weighted by atomic mass is 9.93. The molecule has 0 aliphatic carbocycles. The van der Waals surface area contributed by atoms with Gasteiger partial charge in [0.1, 0.15) is 5.84 Å². The van der Waals surface area contributed by atoms with Crippen molar-refractivity contribution in [2.75, 3.05) is 0 Å². The maximum atomic E-state index is 4.54. The van der Waals surface area contributed by atoms with Crippen molar-refractivity contribution in [3.8, 4) is 0 Å². The summed E-state index contributed by atoms with van der Waals surface area (Å²) in [5.74, 6) is 1.15. The second kappa shape index (κ2) is 3.15. The highest BCUT2D eigenvalue weighted by atomic mass is 15.1. The number of amidine groups is 1. The molecule has 0 aromatic rings. The lowest BCUT2D eigenvalue weighted by Gasteiger charge is -2.26. The first kappa shape index (κ1) is 9.31. The number of allylic oxidation sites excluding steroid dienone is 1. The molecule has 3 heteroatoms. The first-order valence-electron chi connectivity index (χ1n) is 4.90. The molecule has 2 atom stereocenters. The van der Waals surface area contributed by atoms with E-state index in [1.165, 1.54) is 0 Å². The Labute approximate surface area is 84.4 Å². The van der Waals surface area contributed by atoms with Crippen molar-refractivity contribution in [2.45, 2.75) is 26.9 Å². The van der Waals surface area contributed by atoms with E-state index >= 15 is 0 Å². The Morgan fingerprint density at radius 1 is 1.29 bits per heavy atom. The largest absolute Gasteiger partial charge is 0.265 e. The molecule has 2 heterocycles. The molecule has 3 nitrogen and oxygen atoms in total. The fraction of sp³-hybridized carbons (Fsp3) is 0.545. The van der Waals surface area contributed by atoms with Gasteiger partial charge in [-0.2, -0.15) is 0 Å². The van der Waals surface area contributed by atoms with E-state index < -0.39 is 0 Å². The number of fused-ring (bicyclic) bond motifs is 1. The summed E-state index contributed by atoms with van der Waals surface area (Å²) in [5.41, 5.74) is 0.0121. The molecule has 2 unspecified atom stereocenters. The van der Waals surface area contributed by atoms with Gasteiger partial charge in [0, 0.05) is 17.8 Å². The molecule has 0 bridgehead atoms. The van der Waals surface area contributed by atoms with E-state index in [-0.39, 0.29) is 17.5 Å². The van der Waals surface area contributed by atoms with Crippen LogP contribution in [0.3, 0.4) is 0 Å². The zero-order valence-electron chi connectivity index (χ0n) is 8.81. The van der Waals surface area contributed by atoms with Crippen LogP contribution in [0.5, 0.6) is 0 Å². The number of rotatable bonds is 0. The van der Waals surface area contributed by atoms with Crippen LogP contribution in [-0.4, -0.2) is 24.4 Å². The van der Waals surface area contributed by atoms with Gasteiger partial charge in [0.15, 0.2) is 6.17 Å². The zero-order valence-corrected chi connectivity index (χ0v) is 8.81. The Morgan fingerprint density at radius 2 is 2.07 bits per heavy atom. The van der Waals surface area contributed by atoms with E-state index in [1.807, 2.05) is 18.5 Å². The highest BCUT2D eigenvalue weighted by Crippen LogP contribution is 2.24. The summed E-state index contributed by atoms with van der Waals surface area (Å²) in [6.45, 7) is 6.35. The minimum absolute atomic E-state index is 0.0121. The fourth-order valence-corrected chi connectivity index (χ4v) is 1.46. The predicted molar refractivity (Wildman–Crippen MR) is 60.3 cm³/mol. The summed E-state index contributed by atoms with van der Waals surface area (Å²) < 4.78 is 0. The molecule has 0 radical (unpaired) electrons. The van der Waals surface area contributed by atoms with E-state index in [0.717, 1.165) is 5.84 Å². The third kappa shape index (κ3) is 1.67. The highest BCUT2D eigenvalue weighted by molar-refractivity contribution is 5.96. The molecule has 2 rings (SSSR count). The van der Waals surface area contributed by atoms with Gasteiger partial charge in [-0.05, 0) is 6.08 Å². The number of aliphatic imine (C=N–C) groups is 3. The molecule has 0 amide bonds. The van der Waals surface area contributed by atoms with Gasteiger partial charge >= 0.3 is 0 Å². The summed E-state index contributed by atoms with van der Waals surface area (Å²) in [6, 6.07) is 0. The molecule has 0 saturated heterocycles. The van der Waals surface area contributed by atoms with Crippen LogP contribution >= 0.6 is 0 Å². The third-order valence-corrected chi connectivity index (χ3v) is 2.30. The van der Waals surface area contributed by atoms with Crippen LogP contribution in [0.1, 0.15) is 20.8 Å². The van der Waals surface area contributed by atoms with Crippen molar-refractivity contribution in [2.24, 2.45) is 26.3 Å². The Balaban J connectivity index is 2.26. The van der Waals surface area contributed by atoms with Gasteiger partial charge in [-0.1, -0.05) is 26.8 Å². The summed E-state index contributed by atoms with van der Waals surface area (Å²) in [7, 11) is 0. The molecule has 74 valence electrons. The van der Waals surface area contributed by atoms with Gasteiger partial charge in [-0.15, -0.1) is 0 Å². The molecule has 0 N–H and O–H groups in total. The second-order valence-corrected chi connectivity index (χ2v) is 4.65. The zero-order chi connectivity index (χ0) is 10.2. The Morgan fingerprint density at radius 3 is 2.79 bits per heavy atom. The van der Waals surface area contributed by atoms with E-state index in [9.17, 15) is 0 Å². The first-order valence-corrected chi connectivity index (χ1v) is 4.90. The van der Waals surface area contributed by atoms with Crippen LogP contribution in [-0.2, 0) is 0 Å². The Bertz CT molecular complexity index is 342. The van der Waals surface area contributed by atoms with Gasteiger partial charge < -0.3 is 0 Å². The number of hydrogen-bond acceptors (Lipinski definition) is 3. The molecular formula is C11H15N3. The smallest absolute Gasteiger partial charge is 0.152 e. The summed E-state index contributed by atoms with van der Waals surface area (Å²) in [5, 5.41) is 0. The Kier molecular flexibility index (Phi) is 2.10. The lowest BCUT2D eigenvalue weighted by Crippen LogP contribution is -2.29. The van der Waals surface area contributed by atoms with Gasteiger partial charge in [0.2, 0.25) is 0 Å². The van der Waals surface area contributed by atoms with Gasteiger partial charge in [-0.25, -0.2) is 9.98 Å². The first-order chi connectivity index (χ1) is 6.57. The molecule has 14 heavy (non-hydrogen) atoms. The SMILES string of the molecule is CC(C)(C)C1=NC2N=CC=CC2C=N1. The predicted octanol–water partition coefficient (Wildman–Crippen LogP) is 2.10. The Hall–Kier alpha value is -1.25. The van der Waals surface area contributed by atoms with Crippen molar-refractivity contribution in [3.05, 3.63) is 12.2 Å². The maximum absolute atomic E-state index is 4.54. The molecule has 0 spiro atoms. The van der Waals surface area contributed by atoms with Gasteiger partial charge in [0.25, 0.3) is 0 Å². The molecule has 0 aromatic heterocycles. The van der Waals surface area contributed by atoms with Crippen LogP contribution < -0.4 is 0 Å². The minimum atomic E-state index is 0.0121. The van der Waals surface area contributed by atoms with Crippen LogP contribution in [0.25, 0.3) is 0 Å². The minimum Gasteiger partial charge on any atom is -0.265 e. The number of dihydropyridines is 1. The monoisotopic (exact) mass is 189 g/mol. The van der Waals surface area contributed by atoms with Gasteiger partial charge in [0.05, 0.1) is 5.92 Å². The molecule has 2 aliphatic rings. The van der Waals surface area contributed by atoms with E-state index in [4.69, 9.17) is 0 Å². The van der Waals surface area contributed by atoms with Crippen molar-refractivity contribution in [1.29, 1.82) is 0 Å². The molecular weight excluding hydrogens is 174 g/mol. The van der Waals surface area contributed by atoms with E-state index in [1.54, 1.807) is 0 Å². The molecule has 0 fully saturated rings. The molecule has 0 saturated carbocycles. The topological polar surface area (TPSA) is 37.1 Å². The lowest BCUT2D eigenvalue weighted by molar-refractivity contribution is 0.553. The van der Waals surface area contributed by atoms with E-state index in [0.29, 0.717) is 0 Å². The fourth-order valence-electron chi connectivity index (χ4n) is 1.46. The normalized spacial score (nSPS) is 30.1. The van der Waals surface area contributed by atoms with Crippen LogP contribution in [0.2, 0.25) is 0 Å². The summed E-state index contributed by atoms with van der Waals surface area (Å²) in [4.78, 5) is 13.3. The van der Waals surface area contributed by atoms with Crippen molar-refractivity contribution in [1.82, 2.24) is 0 Å². The second-order valence-electron chi connectivity index (χ2n) is 4.65. The van der Waals surface area contributed by atoms with Crippen LogP contribution in [0, 0.1) is 11.3 Å². The highest BCUT2D eigenvalue weighted by Gasteiger charge is 2.27. The molecule has 0 aromatic carbocycles. The average molecular weight is 189 g/mol. The summed E-state index contributed by atoms with van der Waals surface area (Å²) >= 11 is 0. The maximum Gasteiger partial charge on any atom is 0.152 e. The van der Waals surface area contributed by atoms with Gasteiger partial charge in [-0.3, -0.25) is 4.99 Å².